The first-order chi connectivity index (χ1) is 10.7. The van der Waals surface area contributed by atoms with E-state index in [4.69, 9.17) is 0 Å². The van der Waals surface area contributed by atoms with Crippen LogP contribution in [-0.4, -0.2) is 17.7 Å². The number of carbonyl (C=O) groups is 1. The van der Waals surface area contributed by atoms with Gasteiger partial charge in [0.1, 0.15) is 0 Å². The number of aryl methyl sites for hydroxylation is 1. The van der Waals surface area contributed by atoms with Crippen molar-refractivity contribution in [3.05, 3.63) is 60.2 Å². The number of carbonyl (C=O) groups excluding carboxylic acids is 1. The molecule has 0 radical (unpaired) electrons. The predicted octanol–water partition coefficient (Wildman–Crippen LogP) is 3.87. The Morgan fingerprint density at radius 3 is 2.41 bits per heavy atom. The van der Waals surface area contributed by atoms with Gasteiger partial charge in [0.2, 0.25) is 0 Å². The Balaban J connectivity index is 1.83. The van der Waals surface area contributed by atoms with Gasteiger partial charge in [-0.15, -0.1) is 0 Å². The highest BCUT2D eigenvalue weighted by Crippen LogP contribution is 2.24. The van der Waals surface area contributed by atoms with Crippen molar-refractivity contribution in [1.29, 1.82) is 0 Å². The number of amides is 1. The first-order valence-corrected chi connectivity index (χ1v) is 7.07. The molecular weight excluding hydrogens is 276 g/mol. The standard InChI is InChI=1S/C17H16N4O/c1-12-8-6-7-11-15(12)18-19-16-13(2)20-21(17(16)22)14-9-4-3-5-10-14/h3-11,16H,1-2H3/t16-/m1/s1. The second kappa shape index (κ2) is 5.89. The van der Waals surface area contributed by atoms with E-state index in [2.05, 4.69) is 15.3 Å². The predicted molar refractivity (Wildman–Crippen MR) is 86.5 cm³/mol. The van der Waals surface area contributed by atoms with Crippen molar-refractivity contribution in [3.63, 3.8) is 0 Å². The van der Waals surface area contributed by atoms with Gasteiger partial charge in [-0.2, -0.15) is 20.3 Å². The topological polar surface area (TPSA) is 57.4 Å². The smallest absolute Gasteiger partial charge is 0.269 e. The van der Waals surface area contributed by atoms with E-state index < -0.39 is 6.04 Å². The molecule has 0 bridgehead atoms. The summed E-state index contributed by atoms with van der Waals surface area (Å²) in [5.41, 5.74) is 3.17. The van der Waals surface area contributed by atoms with E-state index in [1.165, 1.54) is 5.01 Å². The van der Waals surface area contributed by atoms with Gasteiger partial charge in [0, 0.05) is 0 Å². The third kappa shape index (κ3) is 2.65. The summed E-state index contributed by atoms with van der Waals surface area (Å²) >= 11 is 0. The van der Waals surface area contributed by atoms with E-state index in [0.29, 0.717) is 5.71 Å². The lowest BCUT2D eigenvalue weighted by Gasteiger charge is -2.11. The largest absolute Gasteiger partial charge is 0.280 e. The number of hydrogen-bond donors (Lipinski definition) is 0. The third-order valence-electron chi connectivity index (χ3n) is 3.49. The Morgan fingerprint density at radius 1 is 1.00 bits per heavy atom. The summed E-state index contributed by atoms with van der Waals surface area (Å²) in [6, 6.07) is 16.3. The van der Waals surface area contributed by atoms with Crippen LogP contribution in [0.4, 0.5) is 11.4 Å². The highest BCUT2D eigenvalue weighted by Gasteiger charge is 2.34. The maximum Gasteiger partial charge on any atom is 0.280 e. The summed E-state index contributed by atoms with van der Waals surface area (Å²) in [5, 5.41) is 14.1. The highest BCUT2D eigenvalue weighted by molar-refractivity contribution is 6.18. The minimum Gasteiger partial charge on any atom is -0.269 e. The molecule has 1 aliphatic heterocycles. The Kier molecular flexibility index (Phi) is 3.78. The Morgan fingerprint density at radius 2 is 1.68 bits per heavy atom. The fourth-order valence-electron chi connectivity index (χ4n) is 2.24. The molecule has 0 saturated heterocycles. The number of para-hydroxylation sites is 1. The van der Waals surface area contributed by atoms with Crippen LogP contribution in [0, 0.1) is 6.92 Å². The van der Waals surface area contributed by atoms with Gasteiger partial charge in [-0.05, 0) is 37.6 Å². The van der Waals surface area contributed by atoms with E-state index >= 15 is 0 Å². The molecule has 0 saturated carbocycles. The van der Waals surface area contributed by atoms with Gasteiger partial charge in [-0.3, -0.25) is 4.79 Å². The molecule has 2 aromatic rings. The molecule has 5 heteroatoms. The molecule has 1 heterocycles. The van der Waals surface area contributed by atoms with Crippen molar-refractivity contribution >= 4 is 23.0 Å². The van der Waals surface area contributed by atoms with Gasteiger partial charge in [0.15, 0.2) is 6.04 Å². The number of nitrogens with zero attached hydrogens (tertiary/aromatic N) is 4. The first-order valence-electron chi connectivity index (χ1n) is 7.07. The fourth-order valence-corrected chi connectivity index (χ4v) is 2.24. The lowest BCUT2D eigenvalue weighted by atomic mass is 10.2. The average Bonchev–Trinajstić information content (AvgIpc) is 2.82. The maximum atomic E-state index is 12.5. The van der Waals surface area contributed by atoms with Crippen LogP contribution < -0.4 is 5.01 Å². The molecule has 0 fully saturated rings. The zero-order chi connectivity index (χ0) is 15.5. The van der Waals surface area contributed by atoms with E-state index in [9.17, 15) is 4.79 Å². The molecule has 0 N–H and O–H groups in total. The normalized spacial score (nSPS) is 18.1. The van der Waals surface area contributed by atoms with Crippen molar-refractivity contribution in [2.24, 2.45) is 15.3 Å². The Hall–Kier alpha value is -2.82. The molecule has 0 aromatic heterocycles. The summed E-state index contributed by atoms with van der Waals surface area (Å²) in [7, 11) is 0. The molecule has 1 aliphatic rings. The molecule has 3 rings (SSSR count). The van der Waals surface area contributed by atoms with Crippen LogP contribution >= 0.6 is 0 Å². The maximum absolute atomic E-state index is 12.5. The SMILES string of the molecule is CC1=NN(c2ccccc2)C(=O)[C@@H]1N=Nc1ccccc1C. The number of hydrogen-bond acceptors (Lipinski definition) is 4. The summed E-state index contributed by atoms with van der Waals surface area (Å²) in [6.45, 7) is 3.75. The molecule has 2 aromatic carbocycles. The molecule has 5 nitrogen and oxygen atoms in total. The number of hydrazone groups is 1. The minimum atomic E-state index is -0.653. The summed E-state index contributed by atoms with van der Waals surface area (Å²) in [5.74, 6) is -0.180. The van der Waals surface area contributed by atoms with Gasteiger partial charge in [-0.25, -0.2) is 0 Å². The van der Waals surface area contributed by atoms with Crippen LogP contribution in [0.3, 0.4) is 0 Å². The third-order valence-corrected chi connectivity index (χ3v) is 3.49. The van der Waals surface area contributed by atoms with E-state index in [-0.39, 0.29) is 5.91 Å². The fraction of sp³-hybridized carbons (Fsp3) is 0.176. The van der Waals surface area contributed by atoms with Crippen LogP contribution in [0.2, 0.25) is 0 Å². The van der Waals surface area contributed by atoms with Crippen molar-refractivity contribution in [2.45, 2.75) is 19.9 Å². The summed E-state index contributed by atoms with van der Waals surface area (Å²) in [4.78, 5) is 12.5. The molecule has 22 heavy (non-hydrogen) atoms. The van der Waals surface area contributed by atoms with Gasteiger partial charge >= 0.3 is 0 Å². The molecule has 1 atom stereocenters. The average molecular weight is 292 g/mol. The van der Waals surface area contributed by atoms with Gasteiger partial charge in [0.25, 0.3) is 5.91 Å². The van der Waals surface area contributed by atoms with Crippen molar-refractivity contribution in [3.8, 4) is 0 Å². The quantitative estimate of drug-likeness (QED) is 0.792. The van der Waals surface area contributed by atoms with Crippen LogP contribution in [-0.2, 0) is 4.79 Å². The van der Waals surface area contributed by atoms with Crippen LogP contribution in [0.1, 0.15) is 12.5 Å². The van der Waals surface area contributed by atoms with Gasteiger partial charge in [-0.1, -0.05) is 36.4 Å². The van der Waals surface area contributed by atoms with Crippen molar-refractivity contribution in [1.82, 2.24) is 0 Å². The first kappa shape index (κ1) is 14.1. The van der Waals surface area contributed by atoms with Crippen molar-refractivity contribution in [2.75, 3.05) is 5.01 Å². The number of anilines is 1. The molecule has 0 aliphatic carbocycles. The van der Waals surface area contributed by atoms with E-state index in [0.717, 1.165) is 16.9 Å². The van der Waals surface area contributed by atoms with Crippen LogP contribution in [0.15, 0.2) is 69.9 Å². The lowest BCUT2D eigenvalue weighted by Crippen LogP contribution is -2.29. The highest BCUT2D eigenvalue weighted by atomic mass is 16.2. The number of azo groups is 1. The number of rotatable bonds is 3. The molecular formula is C17H16N4O. The van der Waals surface area contributed by atoms with E-state index in [1.54, 1.807) is 6.92 Å². The zero-order valence-corrected chi connectivity index (χ0v) is 12.5. The molecule has 1 amide bonds. The summed E-state index contributed by atoms with van der Waals surface area (Å²) < 4.78 is 0. The van der Waals surface area contributed by atoms with Gasteiger partial charge in [0.05, 0.1) is 17.1 Å². The van der Waals surface area contributed by atoms with Gasteiger partial charge < -0.3 is 0 Å². The van der Waals surface area contributed by atoms with Crippen LogP contribution in [0.25, 0.3) is 0 Å². The second-order valence-corrected chi connectivity index (χ2v) is 5.13. The Bertz CT molecular complexity index is 752. The Labute approximate surface area is 129 Å². The second-order valence-electron chi connectivity index (χ2n) is 5.13. The summed E-state index contributed by atoms with van der Waals surface area (Å²) in [6.07, 6.45) is 0. The van der Waals surface area contributed by atoms with Crippen molar-refractivity contribution < 1.29 is 4.79 Å². The zero-order valence-electron chi connectivity index (χ0n) is 12.5. The molecule has 0 unspecified atom stereocenters. The molecule has 110 valence electrons. The van der Waals surface area contributed by atoms with E-state index in [1.807, 2.05) is 61.5 Å². The number of benzene rings is 2. The van der Waals surface area contributed by atoms with Crippen LogP contribution in [0.5, 0.6) is 0 Å². The molecule has 0 spiro atoms. The lowest BCUT2D eigenvalue weighted by molar-refractivity contribution is -0.117. The minimum absolute atomic E-state index is 0.180. The monoisotopic (exact) mass is 292 g/mol.